The van der Waals surface area contributed by atoms with E-state index >= 15 is 0 Å². The minimum absolute atomic E-state index is 0.0189. The summed E-state index contributed by atoms with van der Waals surface area (Å²) in [6.45, 7) is 2.50. The Morgan fingerprint density at radius 1 is 1.23 bits per heavy atom. The molecular formula is C23H23N3O3S. The first-order valence-corrected chi connectivity index (χ1v) is 10.8. The van der Waals surface area contributed by atoms with Gasteiger partial charge in [-0.05, 0) is 30.2 Å². The number of carbonyl (C=O) groups excluding carboxylic acids is 2. The van der Waals surface area contributed by atoms with Crippen LogP contribution in [0.2, 0.25) is 0 Å². The van der Waals surface area contributed by atoms with Gasteiger partial charge in [-0.15, -0.1) is 11.3 Å². The molecule has 0 atom stereocenters. The predicted molar refractivity (Wildman–Crippen MR) is 118 cm³/mol. The molecule has 0 spiro atoms. The van der Waals surface area contributed by atoms with Gasteiger partial charge in [0.2, 0.25) is 5.91 Å². The first kappa shape index (κ1) is 20.1. The maximum atomic E-state index is 12.4. The van der Waals surface area contributed by atoms with Crippen LogP contribution in [0.5, 0.6) is 5.75 Å². The number of hydrogen-bond acceptors (Lipinski definition) is 5. The van der Waals surface area contributed by atoms with E-state index in [1.165, 1.54) is 10.5 Å². The van der Waals surface area contributed by atoms with E-state index in [0.29, 0.717) is 18.0 Å². The van der Waals surface area contributed by atoms with Crippen molar-refractivity contribution in [2.45, 2.75) is 19.8 Å². The van der Waals surface area contributed by atoms with Crippen LogP contribution < -0.4 is 15.0 Å². The molecule has 7 heteroatoms. The van der Waals surface area contributed by atoms with Gasteiger partial charge < -0.3 is 10.1 Å². The number of nitrogens with one attached hydrogen (secondary N) is 1. The topological polar surface area (TPSA) is 71.5 Å². The number of aromatic nitrogens is 1. The number of rotatable bonds is 7. The summed E-state index contributed by atoms with van der Waals surface area (Å²) in [4.78, 5) is 30.9. The van der Waals surface area contributed by atoms with Gasteiger partial charge in [0.15, 0.2) is 6.61 Å². The molecule has 2 heterocycles. The molecule has 154 valence electrons. The van der Waals surface area contributed by atoms with Crippen LogP contribution in [-0.2, 0) is 16.0 Å². The molecule has 2 amide bonds. The SMILES string of the molecule is CCCNC(=O)CN1C(=O)COc2ccc(-c3csc(Cc4ccccc4)n3)cc21. The lowest BCUT2D eigenvalue weighted by molar-refractivity contribution is -0.125. The van der Waals surface area contributed by atoms with Crippen LogP contribution >= 0.6 is 11.3 Å². The van der Waals surface area contributed by atoms with E-state index in [4.69, 9.17) is 9.72 Å². The van der Waals surface area contributed by atoms with E-state index in [2.05, 4.69) is 17.4 Å². The molecule has 6 nitrogen and oxygen atoms in total. The Bertz CT molecular complexity index is 1050. The maximum absolute atomic E-state index is 12.4. The van der Waals surface area contributed by atoms with E-state index in [9.17, 15) is 9.59 Å². The second-order valence-electron chi connectivity index (χ2n) is 7.09. The molecule has 1 aliphatic rings. The summed E-state index contributed by atoms with van der Waals surface area (Å²) < 4.78 is 5.56. The first-order valence-electron chi connectivity index (χ1n) is 9.96. The number of thiazole rings is 1. The molecule has 0 saturated heterocycles. The van der Waals surface area contributed by atoms with Crippen molar-refractivity contribution in [2.24, 2.45) is 0 Å². The van der Waals surface area contributed by atoms with Crippen LogP contribution in [0, 0.1) is 0 Å². The number of benzene rings is 2. The number of carbonyl (C=O) groups is 2. The Hall–Kier alpha value is -3.19. The predicted octanol–water partition coefficient (Wildman–Crippen LogP) is 3.65. The van der Waals surface area contributed by atoms with E-state index in [-0.39, 0.29) is 25.0 Å². The summed E-state index contributed by atoms with van der Waals surface area (Å²) >= 11 is 1.61. The number of anilines is 1. The van der Waals surface area contributed by atoms with Crippen molar-refractivity contribution in [3.63, 3.8) is 0 Å². The largest absolute Gasteiger partial charge is 0.482 e. The standard InChI is InChI=1S/C23H23N3O3S/c1-2-10-24-21(27)13-26-19-12-17(8-9-20(19)29-14-23(26)28)18-15-30-22(25-18)11-16-6-4-3-5-7-16/h3-9,12,15H,2,10-11,13-14H2,1H3,(H,24,27). The molecule has 1 N–H and O–H groups in total. The summed E-state index contributed by atoms with van der Waals surface area (Å²) in [5.74, 6) is 0.193. The highest BCUT2D eigenvalue weighted by Crippen LogP contribution is 2.36. The molecule has 0 unspecified atom stereocenters. The molecule has 3 aromatic rings. The van der Waals surface area contributed by atoms with E-state index in [1.54, 1.807) is 11.3 Å². The minimum atomic E-state index is -0.227. The van der Waals surface area contributed by atoms with Gasteiger partial charge >= 0.3 is 0 Å². The molecule has 0 bridgehead atoms. The number of ether oxygens (including phenoxy) is 1. The van der Waals surface area contributed by atoms with E-state index in [0.717, 1.165) is 29.1 Å². The molecule has 0 radical (unpaired) electrons. The fraction of sp³-hybridized carbons (Fsp3) is 0.261. The lowest BCUT2D eigenvalue weighted by Crippen LogP contribution is -2.45. The molecule has 2 aromatic carbocycles. The monoisotopic (exact) mass is 421 g/mol. The Morgan fingerprint density at radius 2 is 2.07 bits per heavy atom. The molecule has 1 aliphatic heterocycles. The maximum Gasteiger partial charge on any atom is 0.265 e. The van der Waals surface area contributed by atoms with Crippen LogP contribution in [-0.4, -0.2) is 36.5 Å². The average molecular weight is 422 g/mol. The lowest BCUT2D eigenvalue weighted by Gasteiger charge is -2.29. The summed E-state index contributed by atoms with van der Waals surface area (Å²) in [6.07, 6.45) is 1.63. The van der Waals surface area contributed by atoms with Crippen LogP contribution in [0.25, 0.3) is 11.3 Å². The summed E-state index contributed by atoms with van der Waals surface area (Å²) in [6, 6.07) is 15.9. The third-order valence-corrected chi connectivity index (χ3v) is 5.67. The fourth-order valence-electron chi connectivity index (χ4n) is 3.29. The summed E-state index contributed by atoms with van der Waals surface area (Å²) in [5, 5.41) is 5.86. The molecule has 4 rings (SSSR count). The van der Waals surface area contributed by atoms with Crippen molar-refractivity contribution in [1.29, 1.82) is 0 Å². The number of fused-ring (bicyclic) bond motifs is 1. The lowest BCUT2D eigenvalue weighted by atomic mass is 10.1. The Balaban J connectivity index is 1.57. The van der Waals surface area contributed by atoms with Crippen LogP contribution in [0.3, 0.4) is 0 Å². The van der Waals surface area contributed by atoms with Crippen molar-refractivity contribution in [3.05, 3.63) is 64.5 Å². The average Bonchev–Trinajstić information content (AvgIpc) is 3.23. The summed E-state index contributed by atoms with van der Waals surface area (Å²) in [5.41, 5.74) is 3.56. The molecule has 0 fully saturated rings. The zero-order valence-electron chi connectivity index (χ0n) is 16.8. The van der Waals surface area contributed by atoms with Gasteiger partial charge in [-0.25, -0.2) is 4.98 Å². The Morgan fingerprint density at radius 3 is 2.87 bits per heavy atom. The second-order valence-corrected chi connectivity index (χ2v) is 8.03. The van der Waals surface area contributed by atoms with Gasteiger partial charge in [-0.1, -0.05) is 37.3 Å². The number of nitrogens with zero attached hydrogens (tertiary/aromatic N) is 2. The van der Waals surface area contributed by atoms with Crippen molar-refractivity contribution >= 4 is 28.8 Å². The Labute approximate surface area is 179 Å². The van der Waals surface area contributed by atoms with Gasteiger partial charge in [0, 0.05) is 23.9 Å². The highest BCUT2D eigenvalue weighted by molar-refractivity contribution is 7.10. The van der Waals surface area contributed by atoms with Crippen LogP contribution in [0.4, 0.5) is 5.69 Å². The van der Waals surface area contributed by atoms with Crippen LogP contribution in [0.15, 0.2) is 53.9 Å². The zero-order valence-corrected chi connectivity index (χ0v) is 17.6. The van der Waals surface area contributed by atoms with Gasteiger partial charge in [-0.2, -0.15) is 0 Å². The molecule has 30 heavy (non-hydrogen) atoms. The number of amides is 2. The molecular weight excluding hydrogens is 398 g/mol. The first-order chi connectivity index (χ1) is 14.6. The minimum Gasteiger partial charge on any atom is -0.482 e. The molecule has 1 aromatic heterocycles. The second kappa shape index (κ2) is 9.09. The van der Waals surface area contributed by atoms with Gasteiger partial charge in [-0.3, -0.25) is 14.5 Å². The summed E-state index contributed by atoms with van der Waals surface area (Å²) in [7, 11) is 0. The van der Waals surface area contributed by atoms with Crippen molar-refractivity contribution in [1.82, 2.24) is 10.3 Å². The quantitative estimate of drug-likeness (QED) is 0.632. The van der Waals surface area contributed by atoms with E-state index < -0.39 is 0 Å². The Kier molecular flexibility index (Phi) is 6.09. The number of hydrogen-bond donors (Lipinski definition) is 1. The molecule has 0 saturated carbocycles. The highest BCUT2D eigenvalue weighted by atomic mass is 32.1. The third kappa shape index (κ3) is 4.52. The van der Waals surface area contributed by atoms with Gasteiger partial charge in [0.25, 0.3) is 5.91 Å². The molecule has 0 aliphatic carbocycles. The normalized spacial score (nSPS) is 13.0. The highest BCUT2D eigenvalue weighted by Gasteiger charge is 2.28. The third-order valence-electron chi connectivity index (χ3n) is 4.82. The van der Waals surface area contributed by atoms with Crippen molar-refractivity contribution in [3.8, 4) is 17.0 Å². The fourth-order valence-corrected chi connectivity index (χ4v) is 4.13. The van der Waals surface area contributed by atoms with Gasteiger partial charge in [0.1, 0.15) is 12.3 Å². The van der Waals surface area contributed by atoms with Gasteiger partial charge in [0.05, 0.1) is 16.4 Å². The van der Waals surface area contributed by atoms with E-state index in [1.807, 2.05) is 48.7 Å². The van der Waals surface area contributed by atoms with Crippen molar-refractivity contribution in [2.75, 3.05) is 24.6 Å². The smallest absolute Gasteiger partial charge is 0.265 e. The van der Waals surface area contributed by atoms with Crippen LogP contribution in [0.1, 0.15) is 23.9 Å². The van der Waals surface area contributed by atoms with Crippen molar-refractivity contribution < 1.29 is 14.3 Å². The zero-order chi connectivity index (χ0) is 20.9.